The highest BCUT2D eigenvalue weighted by Crippen LogP contribution is 2.28. The first-order valence-corrected chi connectivity index (χ1v) is 9.36. The molecule has 0 heterocycles. The van der Waals surface area contributed by atoms with E-state index in [1.807, 2.05) is 18.2 Å². The van der Waals surface area contributed by atoms with E-state index in [0.29, 0.717) is 0 Å². The van der Waals surface area contributed by atoms with E-state index in [9.17, 15) is 5.11 Å². The lowest BCUT2D eigenvalue weighted by Crippen LogP contribution is -2.27. The molecule has 0 aliphatic heterocycles. The first-order chi connectivity index (χ1) is 11.0. The van der Waals surface area contributed by atoms with E-state index < -0.39 is 0 Å². The average molecular weight is 319 g/mol. The van der Waals surface area contributed by atoms with Gasteiger partial charge in [-0.25, -0.2) is 0 Å². The molecule has 1 heteroatoms. The normalized spacial score (nSPS) is 14.8. The van der Waals surface area contributed by atoms with Gasteiger partial charge in [0.25, 0.3) is 0 Å². The summed E-state index contributed by atoms with van der Waals surface area (Å²) in [6.45, 7) is 8.69. The number of allylic oxidation sites excluding steroid dienone is 7. The summed E-state index contributed by atoms with van der Waals surface area (Å²) in [5.41, 5.74) is -0.0373. The van der Waals surface area contributed by atoms with Crippen molar-refractivity contribution < 1.29 is 5.11 Å². The zero-order chi connectivity index (χ0) is 17.4. The second-order valence-electron chi connectivity index (χ2n) is 6.91. The number of aliphatic hydroxyl groups is 1. The largest absolute Gasteiger partial charge is 0.388 e. The predicted octanol–water partition coefficient (Wildman–Crippen LogP) is 6.76. The van der Waals surface area contributed by atoms with Gasteiger partial charge in [-0.2, -0.15) is 0 Å². The minimum Gasteiger partial charge on any atom is -0.388 e. The van der Waals surface area contributed by atoms with Crippen LogP contribution in [0.3, 0.4) is 0 Å². The van der Waals surface area contributed by atoms with Crippen molar-refractivity contribution in [2.45, 2.75) is 85.2 Å². The summed E-state index contributed by atoms with van der Waals surface area (Å²) in [6, 6.07) is 0. The van der Waals surface area contributed by atoms with Crippen LogP contribution in [0, 0.1) is 5.41 Å². The number of hydrogen-bond acceptors (Lipinski definition) is 1. The van der Waals surface area contributed by atoms with Gasteiger partial charge in [0.2, 0.25) is 0 Å². The molecule has 0 rings (SSSR count). The lowest BCUT2D eigenvalue weighted by Gasteiger charge is -2.28. The highest BCUT2D eigenvalue weighted by atomic mass is 16.3. The first-order valence-electron chi connectivity index (χ1n) is 9.36. The van der Waals surface area contributed by atoms with Crippen LogP contribution in [-0.4, -0.2) is 11.2 Å². The third-order valence-corrected chi connectivity index (χ3v) is 4.12. The van der Waals surface area contributed by atoms with Crippen molar-refractivity contribution in [3.8, 4) is 0 Å². The Kier molecular flexibility index (Phi) is 13.8. The van der Waals surface area contributed by atoms with E-state index in [0.717, 1.165) is 19.3 Å². The van der Waals surface area contributed by atoms with Gasteiger partial charge in [0.05, 0.1) is 6.10 Å². The van der Waals surface area contributed by atoms with Gasteiger partial charge in [-0.3, -0.25) is 0 Å². The van der Waals surface area contributed by atoms with E-state index in [1.165, 1.54) is 32.1 Å². The van der Waals surface area contributed by atoms with Crippen molar-refractivity contribution in [1.29, 1.82) is 0 Å². The van der Waals surface area contributed by atoms with Gasteiger partial charge in [-0.1, -0.05) is 102 Å². The fourth-order valence-corrected chi connectivity index (χ4v) is 2.25. The van der Waals surface area contributed by atoms with Crippen LogP contribution < -0.4 is 0 Å². The van der Waals surface area contributed by atoms with Crippen molar-refractivity contribution >= 4 is 0 Å². The molecular formula is C22H38O. The van der Waals surface area contributed by atoms with Gasteiger partial charge in [0.1, 0.15) is 0 Å². The third-order valence-electron chi connectivity index (χ3n) is 4.12. The van der Waals surface area contributed by atoms with Crippen molar-refractivity contribution in [1.82, 2.24) is 0 Å². The van der Waals surface area contributed by atoms with E-state index >= 15 is 0 Å². The van der Waals surface area contributed by atoms with Crippen LogP contribution in [0.2, 0.25) is 0 Å². The Bertz CT molecular complexity index is 371. The number of rotatable bonds is 13. The number of aliphatic hydroxyl groups excluding tert-OH is 1. The molecule has 0 spiro atoms. The number of hydrogen-bond donors (Lipinski definition) is 1. The van der Waals surface area contributed by atoms with Crippen LogP contribution in [0.5, 0.6) is 0 Å². The van der Waals surface area contributed by atoms with Gasteiger partial charge in [0.15, 0.2) is 0 Å². The van der Waals surface area contributed by atoms with E-state index in [4.69, 9.17) is 0 Å². The second kappa shape index (κ2) is 14.5. The maximum Gasteiger partial charge on any atom is 0.0774 e. The van der Waals surface area contributed by atoms with Crippen LogP contribution in [0.25, 0.3) is 0 Å². The molecule has 0 amide bonds. The quantitative estimate of drug-likeness (QED) is 0.226. The molecule has 0 bridgehead atoms. The van der Waals surface area contributed by atoms with Crippen LogP contribution >= 0.6 is 0 Å². The van der Waals surface area contributed by atoms with E-state index in [-0.39, 0.29) is 11.5 Å². The summed E-state index contributed by atoms with van der Waals surface area (Å²) in [6.07, 6.45) is 25.7. The van der Waals surface area contributed by atoms with Crippen LogP contribution in [0.15, 0.2) is 48.6 Å². The zero-order valence-corrected chi connectivity index (χ0v) is 15.8. The molecule has 0 radical (unpaired) electrons. The molecule has 0 aromatic heterocycles. The molecule has 0 aromatic rings. The standard InChI is InChI=1S/C22H38O/c1-5-7-9-10-11-12-13-14-15-16-17-18-19-21(23)22(3,4)20-8-6-2/h10-11,13-14,16-19,21,23H,5-9,12,15,20H2,1-4H3/b11-10-,14-13-,17-16-,19-18+. The summed E-state index contributed by atoms with van der Waals surface area (Å²) >= 11 is 0. The molecule has 0 saturated carbocycles. The monoisotopic (exact) mass is 318 g/mol. The Hall–Kier alpha value is -1.08. The number of unbranched alkanes of at least 4 members (excludes halogenated alkanes) is 3. The van der Waals surface area contributed by atoms with Crippen LogP contribution in [0.1, 0.15) is 79.1 Å². The minimum atomic E-state index is -0.373. The van der Waals surface area contributed by atoms with Gasteiger partial charge in [0, 0.05) is 0 Å². The van der Waals surface area contributed by atoms with E-state index in [1.54, 1.807) is 0 Å². The predicted molar refractivity (Wildman–Crippen MR) is 105 cm³/mol. The fraction of sp³-hybridized carbons (Fsp3) is 0.636. The van der Waals surface area contributed by atoms with Gasteiger partial charge in [-0.05, 0) is 31.1 Å². The summed E-state index contributed by atoms with van der Waals surface area (Å²) in [7, 11) is 0. The highest BCUT2D eigenvalue weighted by Gasteiger charge is 2.24. The van der Waals surface area contributed by atoms with Crippen LogP contribution in [-0.2, 0) is 0 Å². The van der Waals surface area contributed by atoms with Crippen molar-refractivity contribution in [3.63, 3.8) is 0 Å². The molecular weight excluding hydrogens is 280 g/mol. The van der Waals surface area contributed by atoms with Crippen LogP contribution in [0.4, 0.5) is 0 Å². The smallest absolute Gasteiger partial charge is 0.0774 e. The molecule has 0 fully saturated rings. The topological polar surface area (TPSA) is 20.2 Å². The maximum atomic E-state index is 10.2. The summed E-state index contributed by atoms with van der Waals surface area (Å²) in [4.78, 5) is 0. The van der Waals surface area contributed by atoms with Gasteiger partial charge in [-0.15, -0.1) is 0 Å². The molecule has 0 aromatic carbocycles. The second-order valence-corrected chi connectivity index (χ2v) is 6.91. The maximum absolute atomic E-state index is 10.2. The Morgan fingerprint density at radius 1 is 0.826 bits per heavy atom. The SMILES string of the molecule is CCCC/C=C\C/C=C\C/C=C\C=C\C(O)C(C)(C)CCCC. The molecule has 0 aliphatic carbocycles. The zero-order valence-electron chi connectivity index (χ0n) is 15.8. The molecule has 1 N–H and O–H groups in total. The van der Waals surface area contributed by atoms with Gasteiger partial charge >= 0.3 is 0 Å². The van der Waals surface area contributed by atoms with Crippen molar-refractivity contribution in [2.24, 2.45) is 5.41 Å². The third kappa shape index (κ3) is 13.1. The summed E-state index contributed by atoms with van der Waals surface area (Å²) in [5, 5.41) is 10.2. The Morgan fingerprint density at radius 3 is 2.09 bits per heavy atom. The molecule has 1 unspecified atom stereocenters. The van der Waals surface area contributed by atoms with Gasteiger partial charge < -0.3 is 5.11 Å². The fourth-order valence-electron chi connectivity index (χ4n) is 2.25. The Morgan fingerprint density at radius 2 is 1.43 bits per heavy atom. The van der Waals surface area contributed by atoms with Crippen molar-refractivity contribution in [2.75, 3.05) is 0 Å². The Balaban J connectivity index is 3.89. The molecule has 23 heavy (non-hydrogen) atoms. The van der Waals surface area contributed by atoms with Crippen molar-refractivity contribution in [3.05, 3.63) is 48.6 Å². The minimum absolute atomic E-state index is 0.0373. The summed E-state index contributed by atoms with van der Waals surface area (Å²) in [5.74, 6) is 0. The highest BCUT2D eigenvalue weighted by molar-refractivity contribution is 5.08. The molecule has 0 aliphatic rings. The average Bonchev–Trinajstić information content (AvgIpc) is 2.53. The lowest BCUT2D eigenvalue weighted by atomic mass is 9.81. The Labute approximate surface area is 144 Å². The molecule has 0 saturated heterocycles. The molecule has 132 valence electrons. The summed E-state index contributed by atoms with van der Waals surface area (Å²) < 4.78 is 0. The van der Waals surface area contributed by atoms with E-state index in [2.05, 4.69) is 58.1 Å². The lowest BCUT2D eigenvalue weighted by molar-refractivity contribution is 0.0816. The molecule has 1 atom stereocenters. The first kappa shape index (κ1) is 21.9. The molecule has 1 nitrogen and oxygen atoms in total.